The molecule has 2 nitrogen and oxygen atoms in total. The average molecular weight is 251 g/mol. The maximum Gasteiger partial charge on any atom is 0.117 e. The van der Waals surface area contributed by atoms with Crippen molar-refractivity contribution in [2.75, 3.05) is 0 Å². The van der Waals surface area contributed by atoms with E-state index in [-0.39, 0.29) is 0 Å². The van der Waals surface area contributed by atoms with Gasteiger partial charge in [0.05, 0.1) is 0 Å². The molecule has 0 heterocycles. The maximum atomic E-state index is 9.28. The van der Waals surface area contributed by atoms with Crippen LogP contribution < -0.4 is 0 Å². The fraction of sp³-hybridized carbons (Fsp3) is 0.118. The van der Waals surface area contributed by atoms with Crippen molar-refractivity contribution in [1.29, 1.82) is 0 Å². The van der Waals surface area contributed by atoms with Crippen LogP contribution in [0.4, 0.5) is 0 Å². The molecule has 19 heavy (non-hydrogen) atoms. The summed E-state index contributed by atoms with van der Waals surface area (Å²) in [5.41, 5.74) is 4.68. The number of hydrogen-bond donors (Lipinski definition) is 1. The molecular weight excluding hydrogens is 234 g/mol. The normalized spacial score (nSPS) is 11.3. The third-order valence-electron chi connectivity index (χ3n) is 2.85. The van der Waals surface area contributed by atoms with Crippen LogP contribution in [0.3, 0.4) is 0 Å². The molecule has 2 rings (SSSR count). The molecule has 2 heteroatoms. The molecule has 0 aliphatic heterocycles. The zero-order chi connectivity index (χ0) is 13.7. The van der Waals surface area contributed by atoms with Crippen LogP contribution in [0.25, 0.3) is 0 Å². The molecule has 1 N–H and O–H groups in total. The van der Waals surface area contributed by atoms with Gasteiger partial charge in [-0.25, -0.2) is 0 Å². The Balaban J connectivity index is 2.37. The summed E-state index contributed by atoms with van der Waals surface area (Å²) in [4.78, 5) is 0. The predicted molar refractivity (Wildman–Crippen MR) is 78.8 cm³/mol. The molecule has 0 saturated heterocycles. The van der Waals surface area contributed by atoms with Gasteiger partial charge in [0.15, 0.2) is 0 Å². The Morgan fingerprint density at radius 2 is 1.74 bits per heavy atom. The minimum atomic E-state index is 0.587. The summed E-state index contributed by atoms with van der Waals surface area (Å²) in [6, 6.07) is 17.7. The van der Waals surface area contributed by atoms with Crippen LogP contribution in [-0.4, -0.2) is 10.9 Å². The van der Waals surface area contributed by atoms with Crippen LogP contribution in [0, 0.1) is 0 Å². The van der Waals surface area contributed by atoms with Crippen LogP contribution in [0.15, 0.2) is 71.9 Å². The maximum absolute atomic E-state index is 9.28. The second-order valence-corrected chi connectivity index (χ2v) is 4.65. The summed E-state index contributed by atoms with van der Waals surface area (Å²) >= 11 is 0. The summed E-state index contributed by atoms with van der Waals surface area (Å²) in [7, 11) is 0. The first kappa shape index (κ1) is 13.1. The van der Waals surface area contributed by atoms with E-state index in [0.717, 1.165) is 23.1 Å². The largest absolute Gasteiger partial charge is 0.410 e. The van der Waals surface area contributed by atoms with Gasteiger partial charge in [0.2, 0.25) is 0 Å². The summed E-state index contributed by atoms with van der Waals surface area (Å²) in [5, 5.41) is 12.7. The Labute approximate surface area is 113 Å². The summed E-state index contributed by atoms with van der Waals surface area (Å²) in [5.74, 6) is 0. The molecule has 0 aromatic heterocycles. The topological polar surface area (TPSA) is 32.6 Å². The molecule has 0 unspecified atom stereocenters. The molecule has 0 atom stereocenters. The van der Waals surface area contributed by atoms with Crippen molar-refractivity contribution in [3.63, 3.8) is 0 Å². The molecule has 0 radical (unpaired) electrons. The van der Waals surface area contributed by atoms with Crippen LogP contribution in [0.2, 0.25) is 0 Å². The lowest BCUT2D eigenvalue weighted by atomic mass is 9.98. The molecule has 0 aliphatic carbocycles. The van der Waals surface area contributed by atoms with E-state index in [0.29, 0.717) is 5.71 Å². The molecule has 2 aromatic rings. The lowest BCUT2D eigenvalue weighted by Gasteiger charge is -2.07. The smallest absolute Gasteiger partial charge is 0.117 e. The number of oxime groups is 1. The Hall–Kier alpha value is -2.35. The zero-order valence-corrected chi connectivity index (χ0v) is 11.0. The highest BCUT2D eigenvalue weighted by molar-refractivity contribution is 6.12. The van der Waals surface area contributed by atoms with E-state index in [9.17, 15) is 5.21 Å². The molecule has 0 aliphatic rings. The third-order valence-corrected chi connectivity index (χ3v) is 2.85. The van der Waals surface area contributed by atoms with Crippen molar-refractivity contribution in [2.24, 2.45) is 5.16 Å². The third kappa shape index (κ3) is 3.32. The van der Waals surface area contributed by atoms with Gasteiger partial charge in [-0.15, -0.1) is 0 Å². The van der Waals surface area contributed by atoms with E-state index in [1.54, 1.807) is 0 Å². The molecule has 0 saturated carbocycles. The van der Waals surface area contributed by atoms with Crippen molar-refractivity contribution in [1.82, 2.24) is 0 Å². The van der Waals surface area contributed by atoms with E-state index in [1.165, 1.54) is 5.56 Å². The van der Waals surface area contributed by atoms with E-state index in [2.05, 4.69) is 17.8 Å². The molecule has 0 fully saturated rings. The monoisotopic (exact) mass is 251 g/mol. The summed E-state index contributed by atoms with van der Waals surface area (Å²) in [6.07, 6.45) is 0.835. The first-order chi connectivity index (χ1) is 9.20. The van der Waals surface area contributed by atoms with Crippen LogP contribution in [0.5, 0.6) is 0 Å². The van der Waals surface area contributed by atoms with Gasteiger partial charge in [-0.05, 0) is 25.0 Å². The van der Waals surface area contributed by atoms with Gasteiger partial charge in [-0.2, -0.15) is 0 Å². The second kappa shape index (κ2) is 6.01. The predicted octanol–water partition coefficient (Wildman–Crippen LogP) is 4.03. The minimum absolute atomic E-state index is 0.587. The number of nitrogens with zero attached hydrogens (tertiary/aromatic N) is 1. The lowest BCUT2D eigenvalue weighted by Crippen LogP contribution is -2.04. The van der Waals surface area contributed by atoms with Crippen molar-refractivity contribution < 1.29 is 5.21 Å². The Kier molecular flexibility index (Phi) is 4.14. The van der Waals surface area contributed by atoms with Crippen molar-refractivity contribution in [3.05, 3.63) is 83.4 Å². The van der Waals surface area contributed by atoms with Gasteiger partial charge in [-0.1, -0.05) is 65.8 Å². The number of benzene rings is 2. The molecule has 2 aromatic carbocycles. The standard InChI is InChI=1S/C17H17NO/c1-13(2)11-14-7-6-10-16(12-14)17(18-19)15-8-4-3-5-9-15/h3-10,12,19H,1,11H2,2H3. The van der Waals surface area contributed by atoms with Crippen molar-refractivity contribution in [3.8, 4) is 0 Å². The lowest BCUT2D eigenvalue weighted by molar-refractivity contribution is 0.319. The van der Waals surface area contributed by atoms with E-state index in [4.69, 9.17) is 0 Å². The molecule has 0 bridgehead atoms. The van der Waals surface area contributed by atoms with Gasteiger partial charge >= 0.3 is 0 Å². The Morgan fingerprint density at radius 3 is 2.37 bits per heavy atom. The molecule has 0 amide bonds. The molecule has 0 spiro atoms. The van der Waals surface area contributed by atoms with Gasteiger partial charge in [0.1, 0.15) is 5.71 Å². The number of allylic oxidation sites excluding steroid dienone is 1. The zero-order valence-electron chi connectivity index (χ0n) is 11.0. The fourth-order valence-electron chi connectivity index (χ4n) is 2.06. The van der Waals surface area contributed by atoms with Crippen molar-refractivity contribution >= 4 is 5.71 Å². The minimum Gasteiger partial charge on any atom is -0.410 e. The first-order valence-electron chi connectivity index (χ1n) is 6.22. The average Bonchev–Trinajstić information content (AvgIpc) is 2.40. The quantitative estimate of drug-likeness (QED) is 0.378. The van der Waals surface area contributed by atoms with Gasteiger partial charge < -0.3 is 5.21 Å². The Morgan fingerprint density at radius 1 is 1.05 bits per heavy atom. The van der Waals surface area contributed by atoms with E-state index in [1.807, 2.05) is 55.5 Å². The van der Waals surface area contributed by atoms with Crippen LogP contribution in [0.1, 0.15) is 23.6 Å². The van der Waals surface area contributed by atoms with E-state index < -0.39 is 0 Å². The first-order valence-corrected chi connectivity index (χ1v) is 6.22. The summed E-state index contributed by atoms with van der Waals surface area (Å²) in [6.45, 7) is 5.93. The van der Waals surface area contributed by atoms with Gasteiger partial charge in [0, 0.05) is 11.1 Å². The highest BCUT2D eigenvalue weighted by atomic mass is 16.4. The van der Waals surface area contributed by atoms with Crippen LogP contribution in [-0.2, 0) is 6.42 Å². The Bertz CT molecular complexity index is 600. The van der Waals surface area contributed by atoms with Gasteiger partial charge in [0.25, 0.3) is 0 Å². The second-order valence-electron chi connectivity index (χ2n) is 4.65. The molecule has 96 valence electrons. The molecular formula is C17H17NO. The SMILES string of the molecule is C=C(C)Cc1cccc(C(=NO)c2ccccc2)c1. The van der Waals surface area contributed by atoms with E-state index >= 15 is 0 Å². The number of rotatable bonds is 4. The summed E-state index contributed by atoms with van der Waals surface area (Å²) < 4.78 is 0. The fourth-order valence-corrected chi connectivity index (χ4v) is 2.06. The van der Waals surface area contributed by atoms with Crippen molar-refractivity contribution in [2.45, 2.75) is 13.3 Å². The van der Waals surface area contributed by atoms with Crippen LogP contribution >= 0.6 is 0 Å². The van der Waals surface area contributed by atoms with Gasteiger partial charge in [-0.3, -0.25) is 0 Å². The number of hydrogen-bond acceptors (Lipinski definition) is 2. The highest BCUT2D eigenvalue weighted by Gasteiger charge is 2.07. The highest BCUT2D eigenvalue weighted by Crippen LogP contribution is 2.14.